The van der Waals surface area contributed by atoms with Crippen LogP contribution in [0.15, 0.2) is 152 Å². The topological polar surface area (TPSA) is 81.2 Å². The molecule has 5 heteroatoms. The van der Waals surface area contributed by atoms with Crippen molar-refractivity contribution in [2.45, 2.75) is 0 Å². The molecule has 9 aromatic rings. The van der Waals surface area contributed by atoms with Crippen molar-refractivity contribution >= 4 is 43.6 Å². The van der Waals surface area contributed by atoms with Crippen LogP contribution in [0.2, 0.25) is 0 Å². The SMILES string of the molecule is N#Cc1ccc2c(c1)c1ccccc1n2-c1cc(C#N)c(C#N)c(-c2ccc(-c3ccccc3-n3c4ccccc4c4ccccc43)cc2)c1. The number of aromatic nitrogens is 2. The minimum atomic E-state index is 0.306. The summed E-state index contributed by atoms with van der Waals surface area (Å²) in [5.74, 6) is 0. The molecule has 0 saturated carbocycles. The van der Waals surface area contributed by atoms with Gasteiger partial charge in [-0.25, -0.2) is 0 Å². The highest BCUT2D eigenvalue weighted by atomic mass is 15.0. The van der Waals surface area contributed by atoms with E-state index in [1.165, 1.54) is 10.8 Å². The van der Waals surface area contributed by atoms with Gasteiger partial charge >= 0.3 is 0 Å². The van der Waals surface area contributed by atoms with Crippen LogP contribution in [0.25, 0.3) is 77.2 Å². The molecule has 7 aromatic carbocycles. The van der Waals surface area contributed by atoms with Crippen LogP contribution in [0.5, 0.6) is 0 Å². The number of hydrogen-bond acceptors (Lipinski definition) is 3. The lowest BCUT2D eigenvalue weighted by Crippen LogP contribution is -1.99. The number of benzene rings is 7. The number of fused-ring (bicyclic) bond motifs is 6. The van der Waals surface area contributed by atoms with Crippen LogP contribution in [0.3, 0.4) is 0 Å². The summed E-state index contributed by atoms with van der Waals surface area (Å²) < 4.78 is 4.43. The lowest BCUT2D eigenvalue weighted by Gasteiger charge is -2.15. The number of nitriles is 3. The minimum absolute atomic E-state index is 0.306. The first-order valence-corrected chi connectivity index (χ1v) is 16.3. The molecule has 0 saturated heterocycles. The first kappa shape index (κ1) is 28.8. The second kappa shape index (κ2) is 11.4. The predicted octanol–water partition coefficient (Wildman–Crippen LogP) is 10.8. The van der Waals surface area contributed by atoms with E-state index in [1.54, 1.807) is 6.07 Å². The van der Waals surface area contributed by atoms with E-state index in [9.17, 15) is 15.8 Å². The smallest absolute Gasteiger partial charge is 0.101 e. The Balaban J connectivity index is 1.21. The summed E-state index contributed by atoms with van der Waals surface area (Å²) in [6.45, 7) is 0. The van der Waals surface area contributed by atoms with Gasteiger partial charge in [-0.1, -0.05) is 97.1 Å². The highest BCUT2D eigenvalue weighted by molar-refractivity contribution is 6.11. The van der Waals surface area contributed by atoms with E-state index in [1.807, 2.05) is 60.7 Å². The van der Waals surface area contributed by atoms with Gasteiger partial charge < -0.3 is 9.13 Å². The summed E-state index contributed by atoms with van der Waals surface area (Å²) >= 11 is 0. The molecule has 50 heavy (non-hydrogen) atoms. The molecule has 0 N–H and O–H groups in total. The Morgan fingerprint density at radius 1 is 0.400 bits per heavy atom. The molecule has 0 unspecified atom stereocenters. The fourth-order valence-corrected chi connectivity index (χ4v) is 7.44. The van der Waals surface area contributed by atoms with E-state index in [0.717, 1.165) is 60.9 Å². The number of hydrogen-bond donors (Lipinski definition) is 0. The van der Waals surface area contributed by atoms with Crippen molar-refractivity contribution in [3.63, 3.8) is 0 Å². The van der Waals surface area contributed by atoms with Gasteiger partial charge in [0.05, 0.1) is 50.5 Å². The van der Waals surface area contributed by atoms with Crippen LogP contribution >= 0.6 is 0 Å². The van der Waals surface area contributed by atoms with Crippen molar-refractivity contribution in [2.75, 3.05) is 0 Å². The molecule has 0 amide bonds. The van der Waals surface area contributed by atoms with E-state index in [0.29, 0.717) is 22.3 Å². The van der Waals surface area contributed by atoms with Crippen molar-refractivity contribution in [1.29, 1.82) is 15.8 Å². The molecule has 2 aromatic heterocycles. The predicted molar refractivity (Wildman–Crippen MR) is 200 cm³/mol. The Kier molecular flexibility index (Phi) is 6.56. The molecular weight excluding hydrogens is 611 g/mol. The van der Waals surface area contributed by atoms with Gasteiger partial charge in [0.25, 0.3) is 0 Å². The fraction of sp³-hybridized carbons (Fsp3) is 0. The Bertz CT molecular complexity index is 2900. The minimum Gasteiger partial charge on any atom is -0.309 e. The average molecular weight is 636 g/mol. The molecule has 5 nitrogen and oxygen atoms in total. The maximum absolute atomic E-state index is 10.3. The number of para-hydroxylation sites is 4. The third-order valence-corrected chi connectivity index (χ3v) is 9.65. The van der Waals surface area contributed by atoms with Crippen LogP contribution in [0.1, 0.15) is 16.7 Å². The molecule has 230 valence electrons. The van der Waals surface area contributed by atoms with Gasteiger partial charge in [-0.05, 0) is 65.7 Å². The lowest BCUT2D eigenvalue weighted by atomic mass is 9.93. The summed E-state index contributed by atoms with van der Waals surface area (Å²) in [5, 5.41) is 34.5. The first-order chi connectivity index (χ1) is 24.7. The molecule has 0 atom stereocenters. The summed E-state index contributed by atoms with van der Waals surface area (Å²) in [5.41, 5.74) is 10.9. The van der Waals surface area contributed by atoms with Crippen molar-refractivity contribution in [2.24, 2.45) is 0 Å². The summed E-state index contributed by atoms with van der Waals surface area (Å²) in [6, 6.07) is 58.0. The second-order valence-corrected chi connectivity index (χ2v) is 12.3. The summed E-state index contributed by atoms with van der Waals surface area (Å²) in [4.78, 5) is 0. The van der Waals surface area contributed by atoms with Crippen molar-refractivity contribution in [1.82, 2.24) is 9.13 Å². The Hall–Kier alpha value is -7.39. The van der Waals surface area contributed by atoms with E-state index in [4.69, 9.17) is 0 Å². The van der Waals surface area contributed by atoms with Crippen molar-refractivity contribution < 1.29 is 0 Å². The Labute approximate surface area is 287 Å². The maximum Gasteiger partial charge on any atom is 0.101 e. The van der Waals surface area contributed by atoms with E-state index < -0.39 is 0 Å². The van der Waals surface area contributed by atoms with Gasteiger partial charge in [0.1, 0.15) is 12.1 Å². The van der Waals surface area contributed by atoms with Crippen LogP contribution in [0.4, 0.5) is 0 Å². The molecule has 0 spiro atoms. The highest BCUT2D eigenvalue weighted by Crippen LogP contribution is 2.39. The molecule has 0 aliphatic heterocycles. The molecule has 0 bridgehead atoms. The molecule has 0 aliphatic rings. The molecule has 0 fully saturated rings. The van der Waals surface area contributed by atoms with Gasteiger partial charge in [-0.3, -0.25) is 0 Å². The lowest BCUT2D eigenvalue weighted by molar-refractivity contribution is 1.17. The fourth-order valence-electron chi connectivity index (χ4n) is 7.44. The third kappa shape index (κ3) is 4.31. The van der Waals surface area contributed by atoms with Gasteiger partial charge in [-0.2, -0.15) is 15.8 Å². The molecule has 9 rings (SSSR count). The average Bonchev–Trinajstić information content (AvgIpc) is 3.70. The van der Waals surface area contributed by atoms with E-state index >= 15 is 0 Å². The molecule has 2 heterocycles. The van der Waals surface area contributed by atoms with Crippen LogP contribution in [-0.4, -0.2) is 9.13 Å². The Morgan fingerprint density at radius 3 is 1.56 bits per heavy atom. The molecule has 0 aliphatic carbocycles. The van der Waals surface area contributed by atoms with Gasteiger partial charge in [-0.15, -0.1) is 0 Å². The van der Waals surface area contributed by atoms with E-state index in [2.05, 4.69) is 112 Å². The zero-order chi connectivity index (χ0) is 33.8. The third-order valence-electron chi connectivity index (χ3n) is 9.65. The maximum atomic E-state index is 10.3. The highest BCUT2D eigenvalue weighted by Gasteiger charge is 2.19. The van der Waals surface area contributed by atoms with E-state index in [-0.39, 0.29) is 0 Å². The molecular formula is C45H25N5. The monoisotopic (exact) mass is 635 g/mol. The Morgan fingerprint density at radius 2 is 0.940 bits per heavy atom. The number of rotatable bonds is 4. The zero-order valence-corrected chi connectivity index (χ0v) is 26.7. The van der Waals surface area contributed by atoms with Crippen molar-refractivity contribution in [3.8, 4) is 51.8 Å². The molecule has 0 radical (unpaired) electrons. The quantitative estimate of drug-likeness (QED) is 0.193. The normalized spacial score (nSPS) is 11.1. The van der Waals surface area contributed by atoms with Crippen LogP contribution < -0.4 is 0 Å². The van der Waals surface area contributed by atoms with Crippen molar-refractivity contribution in [3.05, 3.63) is 168 Å². The zero-order valence-electron chi connectivity index (χ0n) is 26.7. The first-order valence-electron chi connectivity index (χ1n) is 16.3. The van der Waals surface area contributed by atoms with Gasteiger partial charge in [0.15, 0.2) is 0 Å². The summed E-state index contributed by atoms with van der Waals surface area (Å²) in [7, 11) is 0. The van der Waals surface area contributed by atoms with Gasteiger partial charge in [0.2, 0.25) is 0 Å². The largest absolute Gasteiger partial charge is 0.309 e. The summed E-state index contributed by atoms with van der Waals surface area (Å²) in [6.07, 6.45) is 0. The van der Waals surface area contributed by atoms with Gasteiger partial charge in [0, 0.05) is 38.4 Å². The van der Waals surface area contributed by atoms with Crippen LogP contribution in [-0.2, 0) is 0 Å². The second-order valence-electron chi connectivity index (χ2n) is 12.3. The number of nitrogens with zero attached hydrogens (tertiary/aromatic N) is 5. The standard InChI is InChI=1S/C45H25N5/c46-26-29-17-22-45-39(23-29)37-12-4-6-14-42(37)49(45)33-24-32(27-47)40(28-48)38(25-33)31-20-18-30(19-21-31)34-9-1-5-13-41(34)50-43-15-7-2-10-35(43)36-11-3-8-16-44(36)50/h1-25H. The van der Waals surface area contributed by atoms with Crippen LogP contribution in [0, 0.1) is 34.0 Å².